The Hall–Kier alpha value is -1.66. The summed E-state index contributed by atoms with van der Waals surface area (Å²) in [5.41, 5.74) is 0.788. The van der Waals surface area contributed by atoms with Crippen molar-refractivity contribution < 1.29 is 13.2 Å². The second-order valence-corrected chi connectivity index (χ2v) is 6.92. The molecule has 1 aromatic rings. The SMILES string of the molecule is CNC(=O)/C=C/c1ccc(S(=O)(=O)N2CCCCC2)cc1. The fraction of sp³-hybridized carbons (Fsp3) is 0.400. The zero-order chi connectivity index (χ0) is 15.3. The Bertz CT molecular complexity index is 615. The molecule has 5 nitrogen and oxygen atoms in total. The van der Waals surface area contributed by atoms with Crippen LogP contribution in [0.3, 0.4) is 0 Å². The highest BCUT2D eigenvalue weighted by atomic mass is 32.2. The smallest absolute Gasteiger partial charge is 0.243 e. The number of nitrogens with one attached hydrogen (secondary N) is 1. The van der Waals surface area contributed by atoms with Gasteiger partial charge < -0.3 is 5.32 Å². The maximum Gasteiger partial charge on any atom is 0.243 e. The number of benzene rings is 1. The number of carbonyl (C=O) groups excluding carboxylic acids is 1. The highest BCUT2D eigenvalue weighted by Gasteiger charge is 2.25. The van der Waals surface area contributed by atoms with Crippen LogP contribution in [0.1, 0.15) is 24.8 Å². The molecule has 0 atom stereocenters. The van der Waals surface area contributed by atoms with Crippen LogP contribution in [0, 0.1) is 0 Å². The molecule has 6 heteroatoms. The molecule has 1 N–H and O–H groups in total. The number of sulfonamides is 1. The van der Waals surface area contributed by atoms with E-state index in [2.05, 4.69) is 5.32 Å². The van der Waals surface area contributed by atoms with E-state index in [9.17, 15) is 13.2 Å². The number of nitrogens with zero attached hydrogens (tertiary/aromatic N) is 1. The number of carbonyl (C=O) groups is 1. The van der Waals surface area contributed by atoms with E-state index in [1.807, 2.05) is 0 Å². The van der Waals surface area contributed by atoms with Crippen molar-refractivity contribution in [3.8, 4) is 0 Å². The number of hydrogen-bond donors (Lipinski definition) is 1. The van der Waals surface area contributed by atoms with Crippen LogP contribution in [-0.4, -0.2) is 38.8 Å². The Balaban J connectivity index is 2.14. The van der Waals surface area contributed by atoms with Crippen molar-refractivity contribution in [3.05, 3.63) is 35.9 Å². The minimum atomic E-state index is -3.38. The van der Waals surface area contributed by atoms with Crippen molar-refractivity contribution in [2.75, 3.05) is 20.1 Å². The van der Waals surface area contributed by atoms with Crippen LogP contribution >= 0.6 is 0 Å². The van der Waals surface area contributed by atoms with Crippen molar-refractivity contribution in [2.45, 2.75) is 24.2 Å². The molecule has 0 radical (unpaired) electrons. The van der Waals surface area contributed by atoms with Crippen LogP contribution in [0.25, 0.3) is 6.08 Å². The Morgan fingerprint density at radius 2 is 1.76 bits per heavy atom. The van der Waals surface area contributed by atoms with E-state index in [1.165, 1.54) is 6.08 Å². The summed E-state index contributed by atoms with van der Waals surface area (Å²) in [6, 6.07) is 6.59. The highest BCUT2D eigenvalue weighted by molar-refractivity contribution is 7.89. The van der Waals surface area contributed by atoms with E-state index in [-0.39, 0.29) is 5.91 Å². The van der Waals surface area contributed by atoms with Gasteiger partial charge in [0.2, 0.25) is 15.9 Å². The lowest BCUT2D eigenvalue weighted by molar-refractivity contribution is -0.115. The average Bonchev–Trinajstić information content (AvgIpc) is 2.53. The van der Waals surface area contributed by atoms with Crippen LogP contribution in [0.2, 0.25) is 0 Å². The van der Waals surface area contributed by atoms with E-state index < -0.39 is 10.0 Å². The van der Waals surface area contributed by atoms with Crippen molar-refractivity contribution in [1.82, 2.24) is 9.62 Å². The van der Waals surface area contributed by atoms with Gasteiger partial charge in [0.25, 0.3) is 0 Å². The lowest BCUT2D eigenvalue weighted by Gasteiger charge is -2.25. The first-order valence-electron chi connectivity index (χ1n) is 7.04. The molecular formula is C15H20N2O3S. The first-order valence-corrected chi connectivity index (χ1v) is 8.48. The second-order valence-electron chi connectivity index (χ2n) is 4.98. The van der Waals surface area contributed by atoms with E-state index in [0.717, 1.165) is 24.8 Å². The van der Waals surface area contributed by atoms with Crippen LogP contribution in [0.4, 0.5) is 0 Å². The van der Waals surface area contributed by atoms with E-state index in [1.54, 1.807) is 41.7 Å². The highest BCUT2D eigenvalue weighted by Crippen LogP contribution is 2.21. The van der Waals surface area contributed by atoms with Gasteiger partial charge in [-0.1, -0.05) is 18.6 Å². The quantitative estimate of drug-likeness (QED) is 0.860. The molecule has 1 amide bonds. The molecule has 0 bridgehead atoms. The van der Waals surface area contributed by atoms with Crippen LogP contribution in [-0.2, 0) is 14.8 Å². The van der Waals surface area contributed by atoms with Crippen LogP contribution in [0.15, 0.2) is 35.2 Å². The summed E-state index contributed by atoms with van der Waals surface area (Å²) in [6.07, 6.45) is 6.00. The Labute approximate surface area is 125 Å². The predicted octanol–water partition coefficient (Wildman–Crippen LogP) is 1.62. The van der Waals surface area contributed by atoms with Crippen LogP contribution < -0.4 is 5.32 Å². The van der Waals surface area contributed by atoms with E-state index >= 15 is 0 Å². The van der Waals surface area contributed by atoms with E-state index in [4.69, 9.17) is 0 Å². The molecule has 1 aliphatic rings. The summed E-state index contributed by atoms with van der Waals surface area (Å²) in [5.74, 6) is -0.194. The number of likely N-dealkylation sites (N-methyl/N-ethyl adjacent to an activating group) is 1. The molecule has 0 aromatic heterocycles. The number of hydrogen-bond acceptors (Lipinski definition) is 3. The van der Waals surface area contributed by atoms with Gasteiger partial charge in [-0.25, -0.2) is 8.42 Å². The first kappa shape index (κ1) is 15.7. The van der Waals surface area contributed by atoms with Gasteiger partial charge in [0.1, 0.15) is 0 Å². The van der Waals surface area contributed by atoms with Gasteiger partial charge in [-0.2, -0.15) is 4.31 Å². The molecular weight excluding hydrogens is 288 g/mol. The van der Waals surface area contributed by atoms with Gasteiger partial charge in [-0.3, -0.25) is 4.79 Å². The summed E-state index contributed by atoms with van der Waals surface area (Å²) >= 11 is 0. The fourth-order valence-corrected chi connectivity index (χ4v) is 3.78. The van der Waals surface area contributed by atoms with Gasteiger partial charge in [-0.15, -0.1) is 0 Å². The standard InChI is InChI=1S/C15H20N2O3S/c1-16-15(18)10-7-13-5-8-14(9-6-13)21(19,20)17-11-3-2-4-12-17/h5-10H,2-4,11-12H2,1H3,(H,16,18)/b10-7+. The van der Waals surface area contributed by atoms with Gasteiger partial charge >= 0.3 is 0 Å². The largest absolute Gasteiger partial charge is 0.356 e. The minimum absolute atomic E-state index is 0.194. The molecule has 0 aliphatic carbocycles. The fourth-order valence-electron chi connectivity index (χ4n) is 2.26. The van der Waals surface area contributed by atoms with Crippen molar-refractivity contribution in [1.29, 1.82) is 0 Å². The zero-order valence-corrected chi connectivity index (χ0v) is 12.9. The third-order valence-electron chi connectivity index (χ3n) is 3.51. The van der Waals surface area contributed by atoms with Crippen molar-refractivity contribution >= 4 is 22.0 Å². The molecule has 1 saturated heterocycles. The predicted molar refractivity (Wildman–Crippen MR) is 82.2 cm³/mol. The van der Waals surface area contributed by atoms with Crippen molar-refractivity contribution in [3.63, 3.8) is 0 Å². The van der Waals surface area contributed by atoms with Gasteiger partial charge in [0.05, 0.1) is 4.90 Å². The molecule has 0 saturated carbocycles. The maximum atomic E-state index is 12.5. The van der Waals surface area contributed by atoms with Crippen LogP contribution in [0.5, 0.6) is 0 Å². The molecule has 0 unspecified atom stereocenters. The molecule has 1 aliphatic heterocycles. The maximum absolute atomic E-state index is 12.5. The van der Waals surface area contributed by atoms with Gasteiger partial charge in [-0.05, 0) is 36.6 Å². The number of piperidine rings is 1. The molecule has 1 aromatic carbocycles. The monoisotopic (exact) mass is 308 g/mol. The van der Waals surface area contributed by atoms with Gasteiger partial charge in [0, 0.05) is 26.2 Å². The second kappa shape index (κ2) is 6.87. The number of rotatable bonds is 4. The van der Waals surface area contributed by atoms with Crippen molar-refractivity contribution in [2.24, 2.45) is 0 Å². The lowest BCUT2D eigenvalue weighted by Crippen LogP contribution is -2.35. The normalized spacial score (nSPS) is 17.0. The van der Waals surface area contributed by atoms with Gasteiger partial charge in [0.15, 0.2) is 0 Å². The summed E-state index contributed by atoms with van der Waals surface area (Å²) in [5, 5.41) is 2.49. The zero-order valence-electron chi connectivity index (χ0n) is 12.1. The molecule has 0 spiro atoms. The Kier molecular flexibility index (Phi) is 5.14. The summed E-state index contributed by atoms with van der Waals surface area (Å²) in [7, 11) is -1.83. The number of amides is 1. The Morgan fingerprint density at radius 3 is 2.33 bits per heavy atom. The third-order valence-corrected chi connectivity index (χ3v) is 5.42. The Morgan fingerprint density at radius 1 is 1.14 bits per heavy atom. The van der Waals surface area contributed by atoms with E-state index in [0.29, 0.717) is 18.0 Å². The summed E-state index contributed by atoms with van der Waals surface area (Å²) in [4.78, 5) is 11.4. The summed E-state index contributed by atoms with van der Waals surface area (Å²) in [6.45, 7) is 1.20. The topological polar surface area (TPSA) is 66.5 Å². The summed E-state index contributed by atoms with van der Waals surface area (Å²) < 4.78 is 26.5. The first-order chi connectivity index (χ1) is 10.0. The molecule has 1 heterocycles. The lowest BCUT2D eigenvalue weighted by atomic mass is 10.2. The molecule has 1 fully saturated rings. The minimum Gasteiger partial charge on any atom is -0.356 e. The third kappa shape index (κ3) is 3.92. The molecule has 114 valence electrons. The average molecular weight is 308 g/mol. The molecule has 2 rings (SSSR count). The molecule has 21 heavy (non-hydrogen) atoms.